The summed E-state index contributed by atoms with van der Waals surface area (Å²) in [5, 5.41) is 2.50. The second-order valence-electron chi connectivity index (χ2n) is 6.08. The Hall–Kier alpha value is -1.39. The molecule has 0 unspecified atom stereocenters. The number of anilines is 1. The first-order valence-electron chi connectivity index (χ1n) is 7.82. The van der Waals surface area contributed by atoms with Gasteiger partial charge in [0, 0.05) is 37.8 Å². The highest BCUT2D eigenvalue weighted by Gasteiger charge is 2.30. The molecule has 3 fully saturated rings. The van der Waals surface area contributed by atoms with Gasteiger partial charge in [-0.05, 0) is 25.3 Å². The average Bonchev–Trinajstić information content (AvgIpc) is 2.80. The van der Waals surface area contributed by atoms with E-state index in [4.69, 9.17) is 4.98 Å². The maximum absolute atomic E-state index is 4.70. The molecule has 110 valence electrons. The molecule has 1 aromatic carbocycles. The summed E-state index contributed by atoms with van der Waals surface area (Å²) in [6.07, 6.45) is 4.69. The SMILES string of the molecule is Cc1ccccc1-c1ncc(N2CCN3CCC2CC3)s1. The third-order valence-electron chi connectivity index (χ3n) is 4.81. The highest BCUT2D eigenvalue weighted by atomic mass is 32.1. The molecule has 0 N–H and O–H groups in total. The first-order chi connectivity index (χ1) is 10.3. The maximum atomic E-state index is 4.70. The fraction of sp³-hybridized carbons (Fsp3) is 0.471. The van der Waals surface area contributed by atoms with Gasteiger partial charge in [-0.3, -0.25) is 0 Å². The lowest BCUT2D eigenvalue weighted by Gasteiger charge is -2.31. The molecule has 1 aromatic heterocycles. The first kappa shape index (κ1) is 13.3. The molecule has 5 rings (SSSR count). The van der Waals surface area contributed by atoms with Crippen LogP contribution in [-0.2, 0) is 0 Å². The van der Waals surface area contributed by atoms with Gasteiger partial charge in [0.2, 0.25) is 0 Å². The quantitative estimate of drug-likeness (QED) is 0.847. The molecule has 2 aromatic rings. The number of rotatable bonds is 2. The molecular weight excluding hydrogens is 278 g/mol. The third-order valence-corrected chi connectivity index (χ3v) is 5.87. The van der Waals surface area contributed by atoms with Gasteiger partial charge in [-0.1, -0.05) is 35.6 Å². The summed E-state index contributed by atoms with van der Waals surface area (Å²) < 4.78 is 0. The van der Waals surface area contributed by atoms with E-state index in [9.17, 15) is 0 Å². The van der Waals surface area contributed by atoms with E-state index < -0.39 is 0 Å². The van der Waals surface area contributed by atoms with E-state index in [0.29, 0.717) is 6.04 Å². The summed E-state index contributed by atoms with van der Waals surface area (Å²) in [4.78, 5) is 9.90. The highest BCUT2D eigenvalue weighted by molar-refractivity contribution is 7.19. The summed E-state index contributed by atoms with van der Waals surface area (Å²) in [5.74, 6) is 0. The normalized spacial score (nSPS) is 25.1. The molecule has 21 heavy (non-hydrogen) atoms. The van der Waals surface area contributed by atoms with E-state index in [-0.39, 0.29) is 0 Å². The molecule has 4 heterocycles. The van der Waals surface area contributed by atoms with Crippen LogP contribution in [0.2, 0.25) is 0 Å². The molecule has 0 saturated carbocycles. The zero-order valence-electron chi connectivity index (χ0n) is 12.5. The number of piperidine rings is 1. The lowest BCUT2D eigenvalue weighted by molar-refractivity contribution is 0.250. The zero-order valence-corrected chi connectivity index (χ0v) is 13.3. The summed E-state index contributed by atoms with van der Waals surface area (Å²) in [6, 6.07) is 9.25. The largest absolute Gasteiger partial charge is 0.358 e. The van der Waals surface area contributed by atoms with Crippen LogP contribution in [0.15, 0.2) is 30.5 Å². The van der Waals surface area contributed by atoms with E-state index in [1.165, 1.54) is 48.6 Å². The van der Waals surface area contributed by atoms with E-state index >= 15 is 0 Å². The summed E-state index contributed by atoms with van der Waals surface area (Å²) in [6.45, 7) is 7.06. The van der Waals surface area contributed by atoms with Crippen LogP contribution >= 0.6 is 11.3 Å². The van der Waals surface area contributed by atoms with Crippen molar-refractivity contribution in [2.45, 2.75) is 25.8 Å². The van der Waals surface area contributed by atoms with Crippen molar-refractivity contribution < 1.29 is 0 Å². The van der Waals surface area contributed by atoms with Crippen LogP contribution in [0.1, 0.15) is 18.4 Å². The fourth-order valence-corrected chi connectivity index (χ4v) is 4.62. The van der Waals surface area contributed by atoms with Gasteiger partial charge in [0.25, 0.3) is 0 Å². The number of nitrogens with zero attached hydrogens (tertiary/aromatic N) is 3. The van der Waals surface area contributed by atoms with E-state index in [1.807, 2.05) is 11.3 Å². The Balaban J connectivity index is 1.64. The third kappa shape index (κ3) is 2.47. The lowest BCUT2D eigenvalue weighted by atomic mass is 10.1. The Morgan fingerprint density at radius 1 is 1.10 bits per heavy atom. The summed E-state index contributed by atoms with van der Waals surface area (Å²) in [5.41, 5.74) is 2.58. The minimum atomic E-state index is 0.717. The van der Waals surface area contributed by atoms with Crippen molar-refractivity contribution in [2.75, 3.05) is 31.1 Å². The minimum absolute atomic E-state index is 0.717. The van der Waals surface area contributed by atoms with Crippen LogP contribution in [0.3, 0.4) is 0 Å². The van der Waals surface area contributed by atoms with Crippen LogP contribution in [0.25, 0.3) is 10.6 Å². The number of aryl methyl sites for hydroxylation is 1. The van der Waals surface area contributed by atoms with Crippen molar-refractivity contribution in [3.8, 4) is 10.6 Å². The smallest absolute Gasteiger partial charge is 0.125 e. The van der Waals surface area contributed by atoms with Crippen molar-refractivity contribution >= 4 is 16.3 Å². The topological polar surface area (TPSA) is 19.4 Å². The van der Waals surface area contributed by atoms with Gasteiger partial charge in [-0.2, -0.15) is 0 Å². The van der Waals surface area contributed by atoms with Crippen molar-refractivity contribution in [3.05, 3.63) is 36.0 Å². The molecule has 3 nitrogen and oxygen atoms in total. The maximum Gasteiger partial charge on any atom is 0.125 e. The number of hydrogen-bond acceptors (Lipinski definition) is 4. The van der Waals surface area contributed by atoms with Gasteiger partial charge < -0.3 is 9.80 Å². The standard InChI is InChI=1S/C17H21N3S/c1-13-4-2-3-5-15(13)17-18-12-16(21-17)20-11-10-19-8-6-14(20)7-9-19/h2-5,12,14H,6-11H2,1H3. The van der Waals surface area contributed by atoms with E-state index in [1.54, 1.807) is 0 Å². The van der Waals surface area contributed by atoms with Crippen molar-refractivity contribution in [1.29, 1.82) is 0 Å². The second kappa shape index (κ2) is 5.43. The van der Waals surface area contributed by atoms with Crippen molar-refractivity contribution in [1.82, 2.24) is 9.88 Å². The molecule has 3 aliphatic rings. The summed E-state index contributed by atoms with van der Waals surface area (Å²) >= 11 is 1.85. The number of thiazole rings is 1. The molecular formula is C17H21N3S. The lowest BCUT2D eigenvalue weighted by Crippen LogP contribution is -2.37. The Morgan fingerprint density at radius 3 is 2.71 bits per heavy atom. The van der Waals surface area contributed by atoms with Crippen molar-refractivity contribution in [2.24, 2.45) is 0 Å². The van der Waals surface area contributed by atoms with Crippen LogP contribution < -0.4 is 4.90 Å². The number of fused-ring (bicyclic) bond motifs is 4. The van der Waals surface area contributed by atoms with Gasteiger partial charge in [-0.15, -0.1) is 0 Å². The Kier molecular flexibility index (Phi) is 3.43. The Morgan fingerprint density at radius 2 is 1.90 bits per heavy atom. The van der Waals surface area contributed by atoms with Gasteiger partial charge in [0.15, 0.2) is 0 Å². The Labute approximate surface area is 130 Å². The highest BCUT2D eigenvalue weighted by Crippen LogP contribution is 2.35. The van der Waals surface area contributed by atoms with Gasteiger partial charge in [0.05, 0.1) is 6.20 Å². The molecule has 2 bridgehead atoms. The van der Waals surface area contributed by atoms with E-state index in [2.05, 4.69) is 47.2 Å². The average molecular weight is 299 g/mol. The predicted molar refractivity (Wildman–Crippen MR) is 89.1 cm³/mol. The van der Waals surface area contributed by atoms with Crippen LogP contribution in [0.5, 0.6) is 0 Å². The van der Waals surface area contributed by atoms with E-state index in [0.717, 1.165) is 11.6 Å². The molecule has 3 aliphatic heterocycles. The number of hydrogen-bond donors (Lipinski definition) is 0. The molecule has 0 aliphatic carbocycles. The Bertz CT molecular complexity index is 628. The fourth-order valence-electron chi connectivity index (χ4n) is 3.51. The number of aromatic nitrogens is 1. The monoisotopic (exact) mass is 299 g/mol. The van der Waals surface area contributed by atoms with Gasteiger partial charge in [0.1, 0.15) is 10.0 Å². The molecule has 3 saturated heterocycles. The molecule has 4 heteroatoms. The molecule has 0 atom stereocenters. The minimum Gasteiger partial charge on any atom is -0.358 e. The summed E-state index contributed by atoms with van der Waals surface area (Å²) in [7, 11) is 0. The van der Waals surface area contributed by atoms with Gasteiger partial charge in [-0.25, -0.2) is 4.98 Å². The predicted octanol–water partition coefficient (Wildman–Crippen LogP) is 3.40. The van der Waals surface area contributed by atoms with Crippen molar-refractivity contribution in [3.63, 3.8) is 0 Å². The van der Waals surface area contributed by atoms with Crippen LogP contribution in [0.4, 0.5) is 5.00 Å². The van der Waals surface area contributed by atoms with Crippen LogP contribution in [-0.4, -0.2) is 42.1 Å². The number of benzene rings is 1. The van der Waals surface area contributed by atoms with Gasteiger partial charge >= 0.3 is 0 Å². The first-order valence-corrected chi connectivity index (χ1v) is 8.64. The molecule has 0 spiro atoms. The molecule has 0 radical (unpaired) electrons. The molecule has 0 amide bonds. The zero-order chi connectivity index (χ0) is 14.2. The van der Waals surface area contributed by atoms with Crippen LogP contribution in [0, 0.1) is 6.92 Å². The second-order valence-corrected chi connectivity index (χ2v) is 7.09.